The van der Waals surface area contributed by atoms with E-state index in [9.17, 15) is 18.4 Å². The van der Waals surface area contributed by atoms with Crippen molar-refractivity contribution in [1.82, 2.24) is 4.98 Å². The number of hydrogen-bond acceptors (Lipinski definition) is 4. The first-order valence-corrected chi connectivity index (χ1v) is 6.53. The van der Waals surface area contributed by atoms with Gasteiger partial charge in [0.2, 0.25) is 6.79 Å². The van der Waals surface area contributed by atoms with Gasteiger partial charge in [0.1, 0.15) is 6.07 Å². The topological polar surface area (TPSA) is 55.1 Å². The van der Waals surface area contributed by atoms with E-state index in [-0.39, 0.29) is 18.1 Å². The molecule has 0 fully saturated rings. The van der Waals surface area contributed by atoms with Crippen LogP contribution in [-0.2, 0) is 6.18 Å². The molecule has 1 aromatic carbocycles. The van der Waals surface area contributed by atoms with Crippen molar-refractivity contribution in [3.05, 3.63) is 53.3 Å². The largest absolute Gasteiger partial charge is 0.454 e. The van der Waals surface area contributed by atoms with Gasteiger partial charge in [-0.1, -0.05) is 12.1 Å². The third-order valence-electron chi connectivity index (χ3n) is 3.21. The van der Waals surface area contributed by atoms with Gasteiger partial charge in [0, 0.05) is 11.8 Å². The van der Waals surface area contributed by atoms with Gasteiger partial charge in [-0.3, -0.25) is 4.98 Å². The number of allylic oxidation sites excluding steroid dienone is 1. The highest BCUT2D eigenvalue weighted by Crippen LogP contribution is 2.37. The van der Waals surface area contributed by atoms with Crippen LogP contribution in [0.2, 0.25) is 0 Å². The predicted octanol–water partition coefficient (Wildman–Crippen LogP) is 3.89. The fourth-order valence-electron chi connectivity index (χ4n) is 2.11. The Morgan fingerprint density at radius 3 is 2.70 bits per heavy atom. The lowest BCUT2D eigenvalue weighted by Crippen LogP contribution is -2.05. The van der Waals surface area contributed by atoms with E-state index in [1.54, 1.807) is 18.2 Å². The lowest BCUT2D eigenvalue weighted by molar-refractivity contribution is -0.137. The number of nitriles is 1. The molecule has 3 rings (SSSR count). The maximum atomic E-state index is 12.5. The highest BCUT2D eigenvalue weighted by molar-refractivity contribution is 5.89. The number of benzene rings is 1. The molecule has 0 saturated carbocycles. The van der Waals surface area contributed by atoms with Crippen molar-refractivity contribution >= 4 is 11.6 Å². The number of rotatable bonds is 2. The molecule has 0 spiro atoms. The van der Waals surface area contributed by atoms with Crippen molar-refractivity contribution in [3.8, 4) is 17.6 Å². The van der Waals surface area contributed by atoms with Gasteiger partial charge in [-0.15, -0.1) is 0 Å². The maximum absolute atomic E-state index is 12.5. The van der Waals surface area contributed by atoms with Crippen LogP contribution in [0.3, 0.4) is 0 Å². The number of alkyl halides is 3. The number of aromatic nitrogens is 1. The Morgan fingerprint density at radius 2 is 2.04 bits per heavy atom. The van der Waals surface area contributed by atoms with Crippen LogP contribution in [0.1, 0.15) is 16.8 Å². The lowest BCUT2D eigenvalue weighted by Gasteiger charge is -2.07. The van der Waals surface area contributed by atoms with E-state index < -0.39 is 11.7 Å². The van der Waals surface area contributed by atoms with E-state index in [0.29, 0.717) is 23.3 Å². The van der Waals surface area contributed by atoms with Crippen LogP contribution in [0.5, 0.6) is 11.5 Å². The van der Waals surface area contributed by atoms with Crippen molar-refractivity contribution in [1.29, 1.82) is 5.26 Å². The Labute approximate surface area is 129 Å². The van der Waals surface area contributed by atoms with Crippen molar-refractivity contribution in [2.24, 2.45) is 0 Å². The molecule has 0 saturated heterocycles. The van der Waals surface area contributed by atoms with Gasteiger partial charge in [0.15, 0.2) is 11.5 Å². The molecule has 23 heavy (non-hydrogen) atoms. The Kier molecular flexibility index (Phi) is 3.66. The molecule has 1 aliphatic heterocycles. The molecular formula is C16H9F3N2O2. The van der Waals surface area contributed by atoms with Crippen molar-refractivity contribution < 1.29 is 22.6 Å². The SMILES string of the molecule is N#CC(=Cc1cccc2c1OCO2)c1ccc(C(F)(F)F)cn1. The molecule has 0 aliphatic carbocycles. The zero-order valence-corrected chi connectivity index (χ0v) is 11.6. The van der Waals surface area contributed by atoms with E-state index in [1.807, 2.05) is 6.07 Å². The molecule has 4 nitrogen and oxygen atoms in total. The normalized spacial score (nSPS) is 13.7. The standard InChI is InChI=1S/C16H9F3N2O2/c17-16(18,19)12-4-5-13(21-8-12)11(7-20)6-10-2-1-3-14-15(10)23-9-22-14/h1-6,8H,9H2. The summed E-state index contributed by atoms with van der Waals surface area (Å²) in [5, 5.41) is 9.27. The monoisotopic (exact) mass is 318 g/mol. The summed E-state index contributed by atoms with van der Waals surface area (Å²) in [4.78, 5) is 3.72. The smallest absolute Gasteiger partial charge is 0.417 e. The third-order valence-corrected chi connectivity index (χ3v) is 3.21. The third kappa shape index (κ3) is 2.97. The lowest BCUT2D eigenvalue weighted by atomic mass is 10.1. The van der Waals surface area contributed by atoms with Crippen LogP contribution in [0, 0.1) is 11.3 Å². The Bertz CT molecular complexity index is 806. The number of ether oxygens (including phenoxy) is 2. The summed E-state index contributed by atoms with van der Waals surface area (Å²) in [6, 6.07) is 9.17. The second-order valence-electron chi connectivity index (χ2n) is 4.68. The maximum Gasteiger partial charge on any atom is 0.417 e. The van der Waals surface area contributed by atoms with Gasteiger partial charge in [-0.25, -0.2) is 0 Å². The molecule has 1 aromatic heterocycles. The molecule has 2 heterocycles. The fourth-order valence-corrected chi connectivity index (χ4v) is 2.11. The first-order valence-electron chi connectivity index (χ1n) is 6.53. The molecule has 2 aromatic rings. The Morgan fingerprint density at radius 1 is 1.22 bits per heavy atom. The average Bonchev–Trinajstić information content (AvgIpc) is 3.01. The minimum Gasteiger partial charge on any atom is -0.454 e. The Hall–Kier alpha value is -3.01. The second-order valence-corrected chi connectivity index (χ2v) is 4.68. The van der Waals surface area contributed by atoms with Crippen LogP contribution in [0.25, 0.3) is 11.6 Å². The van der Waals surface area contributed by atoms with Gasteiger partial charge >= 0.3 is 6.18 Å². The predicted molar refractivity (Wildman–Crippen MR) is 75.3 cm³/mol. The number of hydrogen-bond donors (Lipinski definition) is 0. The zero-order valence-electron chi connectivity index (χ0n) is 11.6. The first kappa shape index (κ1) is 14.9. The van der Waals surface area contributed by atoms with Crippen LogP contribution in [0.4, 0.5) is 13.2 Å². The minimum atomic E-state index is -4.46. The summed E-state index contributed by atoms with van der Waals surface area (Å²) in [6.45, 7) is 0.0839. The van der Waals surface area contributed by atoms with E-state index in [4.69, 9.17) is 9.47 Å². The molecule has 0 N–H and O–H groups in total. The van der Waals surface area contributed by atoms with Gasteiger partial charge < -0.3 is 9.47 Å². The number of para-hydroxylation sites is 1. The molecule has 0 bridgehead atoms. The highest BCUT2D eigenvalue weighted by Gasteiger charge is 2.30. The van der Waals surface area contributed by atoms with Crippen LogP contribution < -0.4 is 9.47 Å². The minimum absolute atomic E-state index is 0.0839. The second kappa shape index (κ2) is 5.65. The molecular weight excluding hydrogens is 309 g/mol. The first-order chi connectivity index (χ1) is 11.0. The number of halogens is 3. The summed E-state index contributed by atoms with van der Waals surface area (Å²) < 4.78 is 48.2. The van der Waals surface area contributed by atoms with Crippen LogP contribution in [0.15, 0.2) is 36.5 Å². The molecule has 7 heteroatoms. The summed E-state index contributed by atoms with van der Waals surface area (Å²) in [5.41, 5.74) is 0.00812. The Balaban J connectivity index is 1.98. The van der Waals surface area contributed by atoms with Gasteiger partial charge in [0.25, 0.3) is 0 Å². The fraction of sp³-hybridized carbons (Fsp3) is 0.125. The number of pyridine rings is 1. The molecule has 0 unspecified atom stereocenters. The van der Waals surface area contributed by atoms with E-state index in [0.717, 1.165) is 6.07 Å². The van der Waals surface area contributed by atoms with Crippen molar-refractivity contribution in [2.75, 3.05) is 6.79 Å². The summed E-state index contributed by atoms with van der Waals surface area (Å²) in [7, 11) is 0. The number of fused-ring (bicyclic) bond motifs is 1. The van der Waals surface area contributed by atoms with Gasteiger partial charge in [-0.2, -0.15) is 18.4 Å². The van der Waals surface area contributed by atoms with Gasteiger partial charge in [0.05, 0.1) is 16.8 Å². The highest BCUT2D eigenvalue weighted by atomic mass is 19.4. The van der Waals surface area contributed by atoms with Crippen molar-refractivity contribution in [2.45, 2.75) is 6.18 Å². The average molecular weight is 318 g/mol. The summed E-state index contributed by atoms with van der Waals surface area (Å²) in [5.74, 6) is 1.04. The van der Waals surface area contributed by atoms with Gasteiger partial charge in [-0.05, 0) is 24.3 Å². The molecule has 0 amide bonds. The van der Waals surface area contributed by atoms with Crippen LogP contribution in [-0.4, -0.2) is 11.8 Å². The zero-order chi connectivity index (χ0) is 16.4. The van der Waals surface area contributed by atoms with E-state index in [2.05, 4.69) is 4.98 Å². The van der Waals surface area contributed by atoms with Crippen LogP contribution >= 0.6 is 0 Å². The van der Waals surface area contributed by atoms with Crippen molar-refractivity contribution in [3.63, 3.8) is 0 Å². The number of nitrogens with zero attached hydrogens (tertiary/aromatic N) is 2. The summed E-state index contributed by atoms with van der Waals surface area (Å²) >= 11 is 0. The molecule has 1 aliphatic rings. The quantitative estimate of drug-likeness (QED) is 0.788. The van der Waals surface area contributed by atoms with E-state index in [1.165, 1.54) is 12.1 Å². The molecule has 0 atom stereocenters. The molecule has 0 radical (unpaired) electrons. The summed E-state index contributed by atoms with van der Waals surface area (Å²) in [6.07, 6.45) is -2.26. The molecule has 116 valence electrons. The van der Waals surface area contributed by atoms with E-state index >= 15 is 0 Å².